The number of methoxy groups -OCH3 is 1. The van der Waals surface area contributed by atoms with E-state index in [0.717, 1.165) is 14.7 Å². The van der Waals surface area contributed by atoms with E-state index in [-0.39, 0.29) is 30.5 Å². The first-order valence-electron chi connectivity index (χ1n) is 15.4. The third kappa shape index (κ3) is 7.58. The number of carbonyl (C=O) groups excluding carboxylic acids is 1. The first-order chi connectivity index (χ1) is 23.1. The van der Waals surface area contributed by atoms with Crippen LogP contribution < -0.4 is 33.8 Å². The van der Waals surface area contributed by atoms with Crippen molar-refractivity contribution >= 4 is 57.6 Å². The lowest BCUT2D eigenvalue weighted by atomic mass is 9.95. The Labute approximate surface area is 301 Å². The fraction of sp³-hybridized carbons (Fsp3) is 0.306. The normalized spacial score (nSPS) is 14.4. The van der Waals surface area contributed by atoms with Crippen LogP contribution in [0, 0.1) is 3.57 Å². The smallest absolute Gasteiger partial charge is 0.338 e. The van der Waals surface area contributed by atoms with Crippen molar-refractivity contribution in [1.29, 1.82) is 0 Å². The Morgan fingerprint density at radius 2 is 1.83 bits per heavy atom. The Balaban J connectivity index is 1.61. The second kappa shape index (κ2) is 15.6. The Hall–Kier alpha value is -3.81. The molecule has 0 saturated carbocycles. The molecule has 9 nitrogen and oxygen atoms in total. The molecule has 4 aromatic rings. The lowest BCUT2D eigenvalue weighted by Gasteiger charge is -2.25. The molecule has 2 heterocycles. The van der Waals surface area contributed by atoms with Gasteiger partial charge in [-0.2, -0.15) is 0 Å². The zero-order valence-corrected chi connectivity index (χ0v) is 31.2. The molecule has 0 radical (unpaired) electrons. The van der Waals surface area contributed by atoms with Gasteiger partial charge in [0.05, 0.1) is 51.8 Å². The minimum atomic E-state index is -0.802. The van der Waals surface area contributed by atoms with Crippen molar-refractivity contribution in [3.8, 4) is 23.0 Å². The molecule has 12 heteroatoms. The number of fused-ring (bicyclic) bond motifs is 1. The number of thiazole rings is 1. The van der Waals surface area contributed by atoms with Crippen LogP contribution in [-0.4, -0.2) is 37.0 Å². The third-order valence-electron chi connectivity index (χ3n) is 7.34. The number of halogens is 2. The van der Waals surface area contributed by atoms with Gasteiger partial charge in [0.1, 0.15) is 6.61 Å². The van der Waals surface area contributed by atoms with Gasteiger partial charge >= 0.3 is 5.97 Å². The number of nitrogens with zero attached hydrogens (tertiary/aromatic N) is 2. The fourth-order valence-corrected chi connectivity index (χ4v) is 7.32. The molecule has 1 aromatic heterocycles. The van der Waals surface area contributed by atoms with Crippen LogP contribution in [0.4, 0.5) is 0 Å². The lowest BCUT2D eigenvalue weighted by molar-refractivity contribution is -0.139. The number of benzene rings is 3. The van der Waals surface area contributed by atoms with Gasteiger partial charge in [0.15, 0.2) is 27.8 Å². The number of hydrogen-bond donors (Lipinski definition) is 0. The van der Waals surface area contributed by atoms with Gasteiger partial charge in [-0.1, -0.05) is 47.2 Å². The van der Waals surface area contributed by atoms with Gasteiger partial charge in [0.25, 0.3) is 5.56 Å². The van der Waals surface area contributed by atoms with Crippen LogP contribution in [0.15, 0.2) is 75.7 Å². The summed E-state index contributed by atoms with van der Waals surface area (Å²) >= 11 is 9.79. The van der Waals surface area contributed by atoms with Gasteiger partial charge in [-0.15, -0.1) is 0 Å². The van der Waals surface area contributed by atoms with E-state index in [4.69, 9.17) is 40.3 Å². The highest BCUT2D eigenvalue weighted by Crippen LogP contribution is 2.37. The SMILES string of the molecule is CCOC(=O)C1=C(C)N=c2s/c(=C/c3cc(I)c(OCc4ccccc4Cl)c(OCC)c3)c(=O)n2[C@H]1c1ccc(OC(C)C)c(OC)c1. The number of esters is 1. The Morgan fingerprint density at radius 3 is 2.52 bits per heavy atom. The van der Waals surface area contributed by atoms with Crippen LogP contribution in [0.5, 0.6) is 23.0 Å². The molecule has 0 spiro atoms. The molecule has 48 heavy (non-hydrogen) atoms. The summed E-state index contributed by atoms with van der Waals surface area (Å²) in [6.45, 7) is 10.1. The molecular weight excluding hydrogens is 767 g/mol. The highest BCUT2D eigenvalue weighted by molar-refractivity contribution is 14.1. The maximum Gasteiger partial charge on any atom is 0.338 e. The standard InChI is InChI=1S/C36H36ClIN2O7S/c1-7-44-29-16-22(15-26(38)33(29)46-19-24-11-9-10-12-25(24)37)17-30-34(41)40-32(23-13-14-27(47-20(3)4)28(18-23)43-6)31(35(42)45-8-2)21(5)39-36(40)48-30/h9-18,20,32H,7-8,19H2,1-6H3/b30-17+/t32-/m0/s1. The maximum atomic E-state index is 14.2. The quantitative estimate of drug-likeness (QED) is 0.115. The minimum absolute atomic E-state index is 0.0751. The predicted octanol–water partition coefficient (Wildman–Crippen LogP) is 6.83. The van der Waals surface area contributed by atoms with Crippen molar-refractivity contribution < 1.29 is 28.5 Å². The highest BCUT2D eigenvalue weighted by atomic mass is 127. The van der Waals surface area contributed by atoms with Crippen molar-refractivity contribution in [2.24, 2.45) is 4.99 Å². The molecule has 0 unspecified atom stereocenters. The van der Waals surface area contributed by atoms with E-state index in [1.807, 2.05) is 63.2 Å². The first-order valence-corrected chi connectivity index (χ1v) is 17.7. The van der Waals surface area contributed by atoms with Crippen molar-refractivity contribution in [3.05, 3.63) is 111 Å². The van der Waals surface area contributed by atoms with E-state index in [2.05, 4.69) is 22.6 Å². The summed E-state index contributed by atoms with van der Waals surface area (Å²) in [5.74, 6) is 1.63. The molecule has 0 aliphatic carbocycles. The molecule has 0 saturated heterocycles. The van der Waals surface area contributed by atoms with Gasteiger partial charge in [-0.3, -0.25) is 9.36 Å². The summed E-state index contributed by atoms with van der Waals surface area (Å²) in [5.41, 5.74) is 2.71. The van der Waals surface area contributed by atoms with Gasteiger partial charge in [-0.25, -0.2) is 9.79 Å². The molecule has 0 amide bonds. The Kier molecular flexibility index (Phi) is 11.5. The van der Waals surface area contributed by atoms with E-state index in [1.165, 1.54) is 11.3 Å². The first kappa shape index (κ1) is 35.5. The summed E-state index contributed by atoms with van der Waals surface area (Å²) in [7, 11) is 1.55. The van der Waals surface area contributed by atoms with Crippen LogP contribution in [0.3, 0.4) is 0 Å². The monoisotopic (exact) mass is 802 g/mol. The van der Waals surface area contributed by atoms with Crippen molar-refractivity contribution in [2.45, 2.75) is 53.4 Å². The second-order valence-electron chi connectivity index (χ2n) is 11.0. The van der Waals surface area contributed by atoms with E-state index < -0.39 is 12.0 Å². The van der Waals surface area contributed by atoms with E-state index >= 15 is 0 Å². The van der Waals surface area contributed by atoms with Crippen molar-refractivity contribution in [3.63, 3.8) is 0 Å². The third-order valence-corrected chi connectivity index (χ3v) is 9.50. The van der Waals surface area contributed by atoms with Crippen LogP contribution in [0.1, 0.15) is 57.4 Å². The number of hydrogen-bond acceptors (Lipinski definition) is 9. The summed E-state index contributed by atoms with van der Waals surface area (Å²) in [4.78, 5) is 32.8. The zero-order chi connectivity index (χ0) is 34.5. The van der Waals surface area contributed by atoms with Crippen LogP contribution in [-0.2, 0) is 16.1 Å². The second-order valence-corrected chi connectivity index (χ2v) is 13.6. The number of allylic oxidation sites excluding steroid dienone is 1. The van der Waals surface area contributed by atoms with Gasteiger partial charge in [0.2, 0.25) is 0 Å². The number of rotatable bonds is 12. The number of carbonyl (C=O) groups is 1. The number of ether oxygens (including phenoxy) is 5. The molecule has 5 rings (SSSR count). The van der Waals surface area contributed by atoms with Gasteiger partial charge < -0.3 is 23.7 Å². The Morgan fingerprint density at radius 1 is 1.06 bits per heavy atom. The summed E-state index contributed by atoms with van der Waals surface area (Å²) in [6, 6.07) is 15.9. The van der Waals surface area contributed by atoms with Crippen LogP contribution in [0.2, 0.25) is 5.02 Å². The molecule has 3 aromatic carbocycles. The molecule has 1 atom stereocenters. The van der Waals surface area contributed by atoms with Gasteiger partial charge in [-0.05, 0) is 105 Å². The fourth-order valence-electron chi connectivity index (χ4n) is 5.30. The largest absolute Gasteiger partial charge is 0.493 e. The topological polar surface area (TPSA) is 97.6 Å². The molecule has 0 N–H and O–H groups in total. The van der Waals surface area contributed by atoms with Crippen molar-refractivity contribution in [1.82, 2.24) is 4.57 Å². The summed E-state index contributed by atoms with van der Waals surface area (Å²) in [5, 5.41) is 0.621. The van der Waals surface area contributed by atoms with E-state index in [0.29, 0.717) is 55.2 Å². The summed E-state index contributed by atoms with van der Waals surface area (Å²) < 4.78 is 32.0. The maximum absolute atomic E-state index is 14.2. The molecule has 0 fully saturated rings. The molecule has 252 valence electrons. The lowest BCUT2D eigenvalue weighted by Crippen LogP contribution is -2.40. The minimum Gasteiger partial charge on any atom is -0.493 e. The predicted molar refractivity (Wildman–Crippen MR) is 195 cm³/mol. The zero-order valence-electron chi connectivity index (χ0n) is 27.5. The van der Waals surface area contributed by atoms with Crippen LogP contribution >= 0.6 is 45.5 Å². The summed E-state index contributed by atoms with van der Waals surface area (Å²) in [6.07, 6.45) is 1.72. The van der Waals surface area contributed by atoms with Crippen LogP contribution in [0.25, 0.3) is 6.08 Å². The average molecular weight is 803 g/mol. The molecular formula is C36H36ClIN2O7S. The van der Waals surface area contributed by atoms with E-state index in [1.54, 1.807) is 43.7 Å². The highest BCUT2D eigenvalue weighted by Gasteiger charge is 2.34. The number of aromatic nitrogens is 1. The van der Waals surface area contributed by atoms with Crippen molar-refractivity contribution in [2.75, 3.05) is 20.3 Å². The molecule has 1 aliphatic rings. The average Bonchev–Trinajstić information content (AvgIpc) is 3.34. The molecule has 1 aliphatic heterocycles. The van der Waals surface area contributed by atoms with Gasteiger partial charge in [0, 0.05) is 10.6 Å². The van der Waals surface area contributed by atoms with E-state index in [9.17, 15) is 9.59 Å². The molecule has 0 bridgehead atoms. The Bertz CT molecular complexity index is 2050.